The van der Waals surface area contributed by atoms with Gasteiger partial charge in [0.05, 0.1) is 6.10 Å². The number of benzene rings is 1. The summed E-state index contributed by atoms with van der Waals surface area (Å²) in [5.41, 5.74) is 1.14. The van der Waals surface area contributed by atoms with Gasteiger partial charge in [-0.2, -0.15) is 0 Å². The third kappa shape index (κ3) is 3.05. The minimum Gasteiger partial charge on any atom is -0.393 e. The number of hydrogen-bond acceptors (Lipinski definition) is 1. The van der Waals surface area contributed by atoms with Gasteiger partial charge in [-0.3, -0.25) is 0 Å². The Kier molecular flexibility index (Phi) is 3.98. The van der Waals surface area contributed by atoms with Gasteiger partial charge in [0.25, 0.3) is 0 Å². The Balaban J connectivity index is 2.02. The molecule has 0 radical (unpaired) electrons. The maximum atomic E-state index is 12.9. The van der Waals surface area contributed by atoms with E-state index >= 15 is 0 Å². The van der Waals surface area contributed by atoms with Crippen LogP contribution in [0.3, 0.4) is 0 Å². The van der Waals surface area contributed by atoms with E-state index in [0.29, 0.717) is 5.92 Å². The van der Waals surface area contributed by atoms with Crippen molar-refractivity contribution >= 4 is 15.9 Å². The first kappa shape index (κ1) is 12.1. The highest BCUT2D eigenvalue weighted by Gasteiger charge is 2.20. The van der Waals surface area contributed by atoms with Gasteiger partial charge in [0, 0.05) is 4.47 Å². The minimum absolute atomic E-state index is 0.141. The molecule has 1 aromatic rings. The highest BCUT2D eigenvalue weighted by molar-refractivity contribution is 9.10. The fraction of sp³-hybridized carbons (Fsp3) is 0.538. The maximum absolute atomic E-state index is 12.9. The number of aliphatic hydroxyl groups excluding tert-OH is 1. The Hall–Kier alpha value is -0.410. The summed E-state index contributed by atoms with van der Waals surface area (Å²) < 4.78 is 13.8. The van der Waals surface area contributed by atoms with Gasteiger partial charge >= 0.3 is 0 Å². The first-order chi connectivity index (χ1) is 7.65. The third-order valence-electron chi connectivity index (χ3n) is 3.28. The SMILES string of the molecule is OC1CCCC(Cc2ccc(F)cc2Br)C1. The van der Waals surface area contributed by atoms with Crippen LogP contribution in [0.25, 0.3) is 0 Å². The predicted octanol–water partition coefficient (Wildman–Crippen LogP) is 3.68. The van der Waals surface area contributed by atoms with E-state index in [1.54, 1.807) is 0 Å². The van der Waals surface area contributed by atoms with Gasteiger partial charge in [-0.05, 0) is 49.3 Å². The Bertz CT molecular complexity index is 367. The van der Waals surface area contributed by atoms with E-state index in [1.807, 2.05) is 6.07 Å². The van der Waals surface area contributed by atoms with Crippen molar-refractivity contribution in [2.24, 2.45) is 5.92 Å². The van der Waals surface area contributed by atoms with Gasteiger partial charge in [-0.1, -0.05) is 28.4 Å². The molecule has 3 heteroatoms. The first-order valence-electron chi connectivity index (χ1n) is 5.77. The van der Waals surface area contributed by atoms with Crippen molar-refractivity contribution in [2.75, 3.05) is 0 Å². The molecule has 0 aromatic heterocycles. The standard InChI is InChI=1S/C13H16BrFO/c14-13-8-11(15)5-4-10(13)6-9-2-1-3-12(16)7-9/h4-5,8-9,12,16H,1-3,6-7H2. The lowest BCUT2D eigenvalue weighted by Gasteiger charge is -2.26. The van der Waals surface area contributed by atoms with Crippen molar-refractivity contribution < 1.29 is 9.50 Å². The molecule has 2 rings (SSSR count). The van der Waals surface area contributed by atoms with Gasteiger partial charge in [-0.25, -0.2) is 4.39 Å². The van der Waals surface area contributed by atoms with Crippen LogP contribution in [0.1, 0.15) is 31.2 Å². The molecule has 2 atom stereocenters. The Labute approximate surface area is 104 Å². The number of aliphatic hydroxyl groups is 1. The van der Waals surface area contributed by atoms with E-state index < -0.39 is 0 Å². The molecule has 16 heavy (non-hydrogen) atoms. The highest BCUT2D eigenvalue weighted by atomic mass is 79.9. The molecule has 0 aliphatic heterocycles. The van der Waals surface area contributed by atoms with Gasteiger partial charge < -0.3 is 5.11 Å². The minimum atomic E-state index is -0.209. The average Bonchev–Trinajstić information content (AvgIpc) is 2.22. The zero-order chi connectivity index (χ0) is 11.5. The van der Waals surface area contributed by atoms with Crippen molar-refractivity contribution in [1.82, 2.24) is 0 Å². The quantitative estimate of drug-likeness (QED) is 0.879. The van der Waals surface area contributed by atoms with Gasteiger partial charge in [0.1, 0.15) is 5.82 Å². The van der Waals surface area contributed by atoms with Crippen LogP contribution in [0.15, 0.2) is 22.7 Å². The topological polar surface area (TPSA) is 20.2 Å². The maximum Gasteiger partial charge on any atom is 0.124 e. The summed E-state index contributed by atoms with van der Waals surface area (Å²) in [5, 5.41) is 9.60. The van der Waals surface area contributed by atoms with Crippen LogP contribution < -0.4 is 0 Å². The third-order valence-corrected chi connectivity index (χ3v) is 4.02. The van der Waals surface area contributed by atoms with Crippen LogP contribution in [0.5, 0.6) is 0 Å². The molecule has 2 unspecified atom stereocenters. The lowest BCUT2D eigenvalue weighted by molar-refractivity contribution is 0.101. The molecule has 1 fully saturated rings. The van der Waals surface area contributed by atoms with Gasteiger partial charge in [0.2, 0.25) is 0 Å². The van der Waals surface area contributed by atoms with Crippen LogP contribution >= 0.6 is 15.9 Å². The summed E-state index contributed by atoms with van der Waals surface area (Å²) in [6, 6.07) is 4.84. The molecule has 1 aliphatic rings. The van der Waals surface area contributed by atoms with Crippen molar-refractivity contribution in [3.05, 3.63) is 34.1 Å². The molecule has 1 saturated carbocycles. The molecule has 0 amide bonds. The molecule has 1 N–H and O–H groups in total. The van der Waals surface area contributed by atoms with Crippen molar-refractivity contribution in [1.29, 1.82) is 0 Å². The second kappa shape index (κ2) is 5.28. The molecule has 0 saturated heterocycles. The molecule has 1 aliphatic carbocycles. The van der Waals surface area contributed by atoms with Crippen molar-refractivity contribution in [2.45, 2.75) is 38.2 Å². The summed E-state index contributed by atoms with van der Waals surface area (Å²) in [5.74, 6) is 0.324. The molecule has 1 nitrogen and oxygen atoms in total. The number of halogens is 2. The Morgan fingerprint density at radius 3 is 2.88 bits per heavy atom. The van der Waals surface area contributed by atoms with Crippen LogP contribution in [0, 0.1) is 11.7 Å². The number of hydrogen-bond donors (Lipinski definition) is 1. The summed E-state index contributed by atoms with van der Waals surface area (Å²) in [7, 11) is 0. The van der Waals surface area contributed by atoms with Crippen LogP contribution in [-0.2, 0) is 6.42 Å². The van der Waals surface area contributed by atoms with Gasteiger partial charge in [-0.15, -0.1) is 0 Å². The smallest absolute Gasteiger partial charge is 0.124 e. The molecular formula is C13H16BrFO. The molecule has 1 aromatic carbocycles. The summed E-state index contributed by atoms with van der Waals surface area (Å²) >= 11 is 3.39. The summed E-state index contributed by atoms with van der Waals surface area (Å²) in [4.78, 5) is 0. The average molecular weight is 287 g/mol. The fourth-order valence-electron chi connectivity index (χ4n) is 2.45. The van der Waals surface area contributed by atoms with E-state index in [0.717, 1.165) is 35.7 Å². The highest BCUT2D eigenvalue weighted by Crippen LogP contribution is 2.29. The summed E-state index contributed by atoms with van der Waals surface area (Å²) in [6.45, 7) is 0. The fourth-order valence-corrected chi connectivity index (χ4v) is 2.96. The van der Waals surface area contributed by atoms with E-state index in [-0.39, 0.29) is 11.9 Å². The van der Waals surface area contributed by atoms with E-state index in [2.05, 4.69) is 15.9 Å². The van der Waals surface area contributed by atoms with Crippen molar-refractivity contribution in [3.8, 4) is 0 Å². The Morgan fingerprint density at radius 2 is 2.19 bits per heavy atom. The molecule has 0 bridgehead atoms. The van der Waals surface area contributed by atoms with Crippen LogP contribution in [0.2, 0.25) is 0 Å². The zero-order valence-electron chi connectivity index (χ0n) is 9.13. The van der Waals surface area contributed by atoms with E-state index in [9.17, 15) is 9.50 Å². The van der Waals surface area contributed by atoms with E-state index in [4.69, 9.17) is 0 Å². The second-order valence-corrected chi connectivity index (χ2v) is 5.48. The van der Waals surface area contributed by atoms with Crippen LogP contribution in [0.4, 0.5) is 4.39 Å². The molecule has 0 heterocycles. The molecular weight excluding hydrogens is 271 g/mol. The summed E-state index contributed by atoms with van der Waals surface area (Å²) in [6.07, 6.45) is 4.87. The predicted molar refractivity (Wildman–Crippen MR) is 65.8 cm³/mol. The van der Waals surface area contributed by atoms with Crippen molar-refractivity contribution in [3.63, 3.8) is 0 Å². The lowest BCUT2D eigenvalue weighted by atomic mass is 9.83. The lowest BCUT2D eigenvalue weighted by Crippen LogP contribution is -2.21. The Morgan fingerprint density at radius 1 is 1.38 bits per heavy atom. The normalized spacial score (nSPS) is 25.7. The van der Waals surface area contributed by atoms with E-state index in [1.165, 1.54) is 18.6 Å². The van der Waals surface area contributed by atoms with Crippen LogP contribution in [-0.4, -0.2) is 11.2 Å². The molecule has 0 spiro atoms. The largest absolute Gasteiger partial charge is 0.393 e. The number of rotatable bonds is 2. The second-order valence-electron chi connectivity index (χ2n) is 4.63. The monoisotopic (exact) mass is 286 g/mol. The first-order valence-corrected chi connectivity index (χ1v) is 6.56. The molecule has 88 valence electrons. The zero-order valence-corrected chi connectivity index (χ0v) is 10.7. The van der Waals surface area contributed by atoms with Gasteiger partial charge in [0.15, 0.2) is 0 Å².